The van der Waals surface area contributed by atoms with Gasteiger partial charge in [0, 0.05) is 10.0 Å². The summed E-state index contributed by atoms with van der Waals surface area (Å²) < 4.78 is 0.796. The second kappa shape index (κ2) is 5.48. The first kappa shape index (κ1) is 14.1. The van der Waals surface area contributed by atoms with E-state index in [1.165, 1.54) is 0 Å². The maximum absolute atomic E-state index is 12.5. The third-order valence-corrected chi connectivity index (χ3v) is 4.18. The lowest BCUT2D eigenvalue weighted by Crippen LogP contribution is -2.42. The molecular weight excluding hydrogens is 334 g/mol. The maximum Gasteiger partial charge on any atom is 0.326 e. The van der Waals surface area contributed by atoms with Crippen LogP contribution >= 0.6 is 15.9 Å². The van der Waals surface area contributed by atoms with E-state index in [0.29, 0.717) is 5.56 Å². The fourth-order valence-corrected chi connectivity index (χ4v) is 2.97. The summed E-state index contributed by atoms with van der Waals surface area (Å²) in [5, 5.41) is 13.6. The Morgan fingerprint density at radius 3 is 2.62 bits per heavy atom. The Morgan fingerprint density at radius 2 is 1.95 bits per heavy atom. The maximum atomic E-state index is 12.5. The molecule has 1 fully saturated rings. The number of benzene rings is 2. The predicted octanol–water partition coefficient (Wildman–Crippen LogP) is 3.20. The highest BCUT2D eigenvalue weighted by Crippen LogP contribution is 2.33. The SMILES string of the molecule is O=C(NC(C(=O)O)C1CC1)c1cc(Br)cc2ccccc12. The third-order valence-electron chi connectivity index (χ3n) is 3.72. The molecule has 2 N–H and O–H groups in total. The van der Waals surface area contributed by atoms with Gasteiger partial charge in [-0.1, -0.05) is 40.2 Å². The van der Waals surface area contributed by atoms with Crippen molar-refractivity contribution < 1.29 is 14.7 Å². The molecule has 5 heteroatoms. The number of halogens is 1. The fraction of sp³-hybridized carbons (Fsp3) is 0.250. The topological polar surface area (TPSA) is 66.4 Å². The Morgan fingerprint density at radius 1 is 1.24 bits per heavy atom. The monoisotopic (exact) mass is 347 g/mol. The molecule has 4 nitrogen and oxygen atoms in total. The van der Waals surface area contributed by atoms with E-state index in [1.54, 1.807) is 6.07 Å². The largest absolute Gasteiger partial charge is 0.480 e. The number of hydrogen-bond donors (Lipinski definition) is 2. The molecule has 1 amide bonds. The van der Waals surface area contributed by atoms with E-state index in [0.717, 1.165) is 28.1 Å². The standard InChI is InChI=1S/C16H14BrNO3/c17-11-7-10-3-1-2-4-12(10)13(8-11)15(19)18-14(16(20)21)9-5-6-9/h1-4,7-9,14H,5-6H2,(H,18,19)(H,20,21). The van der Waals surface area contributed by atoms with Gasteiger partial charge in [0.2, 0.25) is 0 Å². The molecule has 0 saturated heterocycles. The Hall–Kier alpha value is -1.88. The van der Waals surface area contributed by atoms with Crippen molar-refractivity contribution in [3.8, 4) is 0 Å². The highest BCUT2D eigenvalue weighted by Gasteiger charge is 2.37. The van der Waals surface area contributed by atoms with E-state index in [4.69, 9.17) is 0 Å². The van der Waals surface area contributed by atoms with Crippen LogP contribution in [-0.4, -0.2) is 23.0 Å². The highest BCUT2D eigenvalue weighted by molar-refractivity contribution is 9.10. The van der Waals surface area contributed by atoms with Gasteiger partial charge in [0.25, 0.3) is 5.91 Å². The number of carboxylic acid groups (broad SMARTS) is 1. The molecule has 21 heavy (non-hydrogen) atoms. The molecular formula is C16H14BrNO3. The number of amides is 1. The van der Waals surface area contributed by atoms with Crippen LogP contribution in [0, 0.1) is 5.92 Å². The summed E-state index contributed by atoms with van der Waals surface area (Å²) in [4.78, 5) is 23.7. The van der Waals surface area contributed by atoms with Crippen LogP contribution < -0.4 is 5.32 Å². The lowest BCUT2D eigenvalue weighted by atomic mass is 10.0. The van der Waals surface area contributed by atoms with Crippen molar-refractivity contribution in [2.24, 2.45) is 5.92 Å². The molecule has 0 heterocycles. The third kappa shape index (κ3) is 2.93. The number of aliphatic carboxylic acids is 1. The van der Waals surface area contributed by atoms with Gasteiger partial charge in [0.1, 0.15) is 6.04 Å². The van der Waals surface area contributed by atoms with Crippen molar-refractivity contribution in [3.05, 3.63) is 46.4 Å². The van der Waals surface area contributed by atoms with Crippen LogP contribution in [0.2, 0.25) is 0 Å². The van der Waals surface area contributed by atoms with E-state index in [-0.39, 0.29) is 11.8 Å². The van der Waals surface area contributed by atoms with Gasteiger partial charge in [0.15, 0.2) is 0 Å². The van der Waals surface area contributed by atoms with Gasteiger partial charge in [-0.15, -0.1) is 0 Å². The molecule has 1 atom stereocenters. The van der Waals surface area contributed by atoms with Gasteiger partial charge in [-0.05, 0) is 41.7 Å². The molecule has 1 saturated carbocycles. The Bertz CT molecular complexity index is 725. The van der Waals surface area contributed by atoms with Gasteiger partial charge in [-0.25, -0.2) is 4.79 Å². The number of fused-ring (bicyclic) bond motifs is 1. The molecule has 1 aliphatic carbocycles. The molecule has 1 unspecified atom stereocenters. The van der Waals surface area contributed by atoms with Crippen LogP contribution in [0.3, 0.4) is 0 Å². The Labute approximate surface area is 130 Å². The van der Waals surface area contributed by atoms with Gasteiger partial charge >= 0.3 is 5.97 Å². The molecule has 0 bridgehead atoms. The zero-order valence-electron chi connectivity index (χ0n) is 11.2. The van der Waals surface area contributed by atoms with Crippen molar-refractivity contribution in [1.82, 2.24) is 5.32 Å². The van der Waals surface area contributed by atoms with Crippen LogP contribution in [-0.2, 0) is 4.79 Å². The molecule has 1 aliphatic rings. The molecule has 0 spiro atoms. The first-order valence-corrected chi connectivity index (χ1v) is 7.57. The summed E-state index contributed by atoms with van der Waals surface area (Å²) in [6.07, 6.45) is 1.72. The second-order valence-corrected chi connectivity index (χ2v) is 6.22. The normalized spacial score (nSPS) is 15.7. The van der Waals surface area contributed by atoms with Crippen LogP contribution in [0.15, 0.2) is 40.9 Å². The quantitative estimate of drug-likeness (QED) is 0.892. The van der Waals surface area contributed by atoms with Gasteiger partial charge in [0.05, 0.1) is 0 Å². The summed E-state index contributed by atoms with van der Waals surface area (Å²) in [5.41, 5.74) is 0.492. The highest BCUT2D eigenvalue weighted by atomic mass is 79.9. The van der Waals surface area contributed by atoms with Crippen LogP contribution in [0.4, 0.5) is 0 Å². The van der Waals surface area contributed by atoms with E-state index in [1.807, 2.05) is 30.3 Å². The van der Waals surface area contributed by atoms with Crippen LogP contribution in [0.5, 0.6) is 0 Å². The minimum atomic E-state index is -0.967. The minimum Gasteiger partial charge on any atom is -0.480 e. The average molecular weight is 348 g/mol. The first-order valence-electron chi connectivity index (χ1n) is 6.78. The molecule has 0 radical (unpaired) electrons. The predicted molar refractivity (Wildman–Crippen MR) is 83.3 cm³/mol. The second-order valence-electron chi connectivity index (χ2n) is 5.30. The number of carbonyl (C=O) groups excluding carboxylic acids is 1. The molecule has 108 valence electrons. The van der Waals surface area contributed by atoms with Crippen LogP contribution in [0.25, 0.3) is 10.8 Å². The zero-order chi connectivity index (χ0) is 15.0. The lowest BCUT2D eigenvalue weighted by Gasteiger charge is -2.15. The van der Waals surface area contributed by atoms with Crippen molar-refractivity contribution in [2.75, 3.05) is 0 Å². The Kier molecular flexibility index (Phi) is 3.68. The Balaban J connectivity index is 1.95. The van der Waals surface area contributed by atoms with Gasteiger partial charge < -0.3 is 10.4 Å². The number of nitrogens with one attached hydrogen (secondary N) is 1. The smallest absolute Gasteiger partial charge is 0.326 e. The summed E-state index contributed by atoms with van der Waals surface area (Å²) in [7, 11) is 0. The summed E-state index contributed by atoms with van der Waals surface area (Å²) >= 11 is 3.39. The van der Waals surface area contributed by atoms with Gasteiger partial charge in [-0.2, -0.15) is 0 Å². The number of carbonyl (C=O) groups is 2. The summed E-state index contributed by atoms with van der Waals surface area (Å²) in [6.45, 7) is 0. The molecule has 2 aromatic carbocycles. The molecule has 0 aromatic heterocycles. The first-order chi connectivity index (χ1) is 10.1. The zero-order valence-corrected chi connectivity index (χ0v) is 12.8. The molecule has 3 rings (SSSR count). The van der Waals surface area contributed by atoms with E-state index < -0.39 is 12.0 Å². The van der Waals surface area contributed by atoms with Crippen molar-refractivity contribution in [1.29, 1.82) is 0 Å². The van der Waals surface area contributed by atoms with E-state index >= 15 is 0 Å². The number of carboxylic acids is 1. The average Bonchev–Trinajstić information content (AvgIpc) is 3.27. The van der Waals surface area contributed by atoms with Crippen molar-refractivity contribution >= 4 is 38.6 Å². The van der Waals surface area contributed by atoms with Crippen LogP contribution in [0.1, 0.15) is 23.2 Å². The number of rotatable bonds is 4. The lowest BCUT2D eigenvalue weighted by molar-refractivity contribution is -0.139. The molecule has 2 aromatic rings. The van der Waals surface area contributed by atoms with Crippen molar-refractivity contribution in [2.45, 2.75) is 18.9 Å². The van der Waals surface area contributed by atoms with E-state index in [9.17, 15) is 14.7 Å². The fourth-order valence-electron chi connectivity index (χ4n) is 2.49. The number of hydrogen-bond acceptors (Lipinski definition) is 2. The van der Waals surface area contributed by atoms with E-state index in [2.05, 4.69) is 21.2 Å². The minimum absolute atomic E-state index is 0.0601. The summed E-state index contributed by atoms with van der Waals surface area (Å²) in [5.74, 6) is -1.25. The van der Waals surface area contributed by atoms with Crippen molar-refractivity contribution in [3.63, 3.8) is 0 Å². The summed E-state index contributed by atoms with van der Waals surface area (Å²) in [6, 6.07) is 10.4. The van der Waals surface area contributed by atoms with Gasteiger partial charge in [-0.3, -0.25) is 4.79 Å². The molecule has 0 aliphatic heterocycles.